The summed E-state index contributed by atoms with van der Waals surface area (Å²) in [5, 5.41) is 11.3. The molecule has 1 saturated heterocycles. The first-order valence-corrected chi connectivity index (χ1v) is 7.80. The van der Waals surface area contributed by atoms with E-state index in [-0.39, 0.29) is 5.91 Å². The van der Waals surface area contributed by atoms with Gasteiger partial charge in [0.15, 0.2) is 0 Å². The summed E-state index contributed by atoms with van der Waals surface area (Å²) in [6.07, 6.45) is 2.50. The van der Waals surface area contributed by atoms with Gasteiger partial charge in [0.25, 0.3) is 5.91 Å². The Morgan fingerprint density at radius 2 is 2.23 bits per heavy atom. The van der Waals surface area contributed by atoms with Gasteiger partial charge in [0, 0.05) is 18.7 Å². The highest BCUT2D eigenvalue weighted by atomic mass is 16.4. The molecule has 5 heteroatoms. The van der Waals surface area contributed by atoms with E-state index in [1.807, 2.05) is 18.2 Å². The van der Waals surface area contributed by atoms with Crippen LogP contribution in [-0.4, -0.2) is 41.0 Å². The lowest BCUT2D eigenvalue weighted by Crippen LogP contribution is -2.38. The molecule has 5 nitrogen and oxygen atoms in total. The van der Waals surface area contributed by atoms with Gasteiger partial charge in [0.2, 0.25) is 0 Å². The molecule has 120 valence electrons. The molecule has 1 aromatic rings. The number of aliphatic carboxylic acids is 1. The average Bonchev–Trinajstić information content (AvgIpc) is 2.47. The molecule has 2 rings (SSSR count). The lowest BCUT2D eigenvalue weighted by atomic mass is 9.99. The average molecular weight is 304 g/mol. The van der Waals surface area contributed by atoms with Crippen LogP contribution >= 0.6 is 0 Å². The second-order valence-electron chi connectivity index (χ2n) is 6.22. The maximum Gasteiger partial charge on any atom is 0.325 e. The fourth-order valence-corrected chi connectivity index (χ4v) is 2.84. The highest BCUT2D eigenvalue weighted by Crippen LogP contribution is 2.18. The third-order valence-electron chi connectivity index (χ3n) is 4.05. The number of hydrogen-bond acceptors (Lipinski definition) is 3. The van der Waals surface area contributed by atoms with E-state index in [2.05, 4.69) is 17.1 Å². The van der Waals surface area contributed by atoms with Crippen LogP contribution in [-0.2, 0) is 11.3 Å². The summed E-state index contributed by atoms with van der Waals surface area (Å²) in [5.74, 6) is -0.660. The van der Waals surface area contributed by atoms with E-state index in [1.54, 1.807) is 6.07 Å². The van der Waals surface area contributed by atoms with Crippen LogP contribution in [0.2, 0.25) is 0 Å². The molecule has 0 bridgehead atoms. The third kappa shape index (κ3) is 4.56. The van der Waals surface area contributed by atoms with Crippen LogP contribution in [0.15, 0.2) is 24.3 Å². The number of carboxylic acid groups (broad SMARTS) is 1. The van der Waals surface area contributed by atoms with Crippen molar-refractivity contribution in [3.63, 3.8) is 0 Å². The Bertz CT molecular complexity index is 544. The Hall–Kier alpha value is -1.88. The summed E-state index contributed by atoms with van der Waals surface area (Å²) in [6.45, 7) is 6.74. The topological polar surface area (TPSA) is 69.6 Å². The number of hydrogen-bond donors (Lipinski definition) is 2. The van der Waals surface area contributed by atoms with Crippen molar-refractivity contribution in [1.82, 2.24) is 10.2 Å². The van der Waals surface area contributed by atoms with Gasteiger partial charge in [0.1, 0.15) is 6.04 Å². The second-order valence-corrected chi connectivity index (χ2v) is 6.22. The van der Waals surface area contributed by atoms with Gasteiger partial charge < -0.3 is 10.4 Å². The van der Waals surface area contributed by atoms with Crippen LogP contribution in [0, 0.1) is 5.92 Å². The zero-order valence-corrected chi connectivity index (χ0v) is 13.2. The minimum Gasteiger partial charge on any atom is -0.480 e. The molecular formula is C17H24N2O3. The van der Waals surface area contributed by atoms with Crippen molar-refractivity contribution in [1.29, 1.82) is 0 Å². The number of piperidine rings is 1. The van der Waals surface area contributed by atoms with Gasteiger partial charge in [-0.2, -0.15) is 0 Å². The number of benzene rings is 1. The summed E-state index contributed by atoms with van der Waals surface area (Å²) in [5.41, 5.74) is 1.60. The molecule has 2 atom stereocenters. The van der Waals surface area contributed by atoms with Crippen molar-refractivity contribution < 1.29 is 14.7 Å². The van der Waals surface area contributed by atoms with Gasteiger partial charge in [-0.15, -0.1) is 0 Å². The molecule has 0 aliphatic carbocycles. The minimum atomic E-state index is -1.04. The highest BCUT2D eigenvalue weighted by Gasteiger charge is 2.18. The normalized spacial score (nSPS) is 20.4. The Morgan fingerprint density at radius 3 is 2.91 bits per heavy atom. The number of carbonyl (C=O) groups excluding carboxylic acids is 1. The summed E-state index contributed by atoms with van der Waals surface area (Å²) < 4.78 is 0. The molecule has 22 heavy (non-hydrogen) atoms. The first-order chi connectivity index (χ1) is 10.5. The zero-order chi connectivity index (χ0) is 16.1. The molecule has 1 fully saturated rings. The number of carboxylic acids is 1. The first-order valence-electron chi connectivity index (χ1n) is 7.80. The molecule has 2 unspecified atom stereocenters. The quantitative estimate of drug-likeness (QED) is 0.874. The molecule has 0 spiro atoms. The SMILES string of the molecule is CC1CCCN(Cc2cccc(C(=O)NC(C)C(=O)O)c2)C1. The molecule has 0 saturated carbocycles. The van der Waals surface area contributed by atoms with E-state index in [9.17, 15) is 9.59 Å². The molecule has 0 aromatic heterocycles. The van der Waals surface area contributed by atoms with Gasteiger partial charge in [-0.3, -0.25) is 14.5 Å². The number of likely N-dealkylation sites (tertiary alicyclic amines) is 1. The van der Waals surface area contributed by atoms with Crippen molar-refractivity contribution in [2.75, 3.05) is 13.1 Å². The van der Waals surface area contributed by atoms with E-state index in [0.717, 1.165) is 31.1 Å². The Balaban J connectivity index is 2.00. The van der Waals surface area contributed by atoms with E-state index >= 15 is 0 Å². The van der Waals surface area contributed by atoms with Gasteiger partial charge in [0.05, 0.1) is 0 Å². The number of nitrogens with zero attached hydrogens (tertiary/aromatic N) is 1. The van der Waals surface area contributed by atoms with Crippen molar-refractivity contribution in [3.05, 3.63) is 35.4 Å². The summed E-state index contributed by atoms with van der Waals surface area (Å²) >= 11 is 0. The predicted molar refractivity (Wildman–Crippen MR) is 84.7 cm³/mol. The molecule has 1 amide bonds. The summed E-state index contributed by atoms with van der Waals surface area (Å²) in [7, 11) is 0. The minimum absolute atomic E-state index is 0.344. The zero-order valence-electron chi connectivity index (χ0n) is 13.2. The van der Waals surface area contributed by atoms with Crippen LogP contribution in [0.4, 0.5) is 0 Å². The van der Waals surface area contributed by atoms with Crippen molar-refractivity contribution >= 4 is 11.9 Å². The molecule has 2 N–H and O–H groups in total. The molecule has 1 heterocycles. The molecule has 1 aromatic carbocycles. The van der Waals surface area contributed by atoms with Crippen LogP contribution in [0.1, 0.15) is 42.6 Å². The third-order valence-corrected chi connectivity index (χ3v) is 4.05. The fourth-order valence-electron chi connectivity index (χ4n) is 2.84. The maximum atomic E-state index is 12.1. The van der Waals surface area contributed by atoms with Crippen LogP contribution in [0.3, 0.4) is 0 Å². The standard InChI is InChI=1S/C17H24N2O3/c1-12-5-4-8-19(10-12)11-14-6-3-7-15(9-14)16(20)18-13(2)17(21)22/h3,6-7,9,12-13H,4-5,8,10-11H2,1-2H3,(H,18,20)(H,21,22). The highest BCUT2D eigenvalue weighted by molar-refractivity contribution is 5.96. The Kier molecular flexibility index (Phi) is 5.55. The monoisotopic (exact) mass is 304 g/mol. The lowest BCUT2D eigenvalue weighted by molar-refractivity contribution is -0.138. The van der Waals surface area contributed by atoms with Crippen molar-refractivity contribution in [3.8, 4) is 0 Å². The lowest BCUT2D eigenvalue weighted by Gasteiger charge is -2.30. The maximum absolute atomic E-state index is 12.1. The van der Waals surface area contributed by atoms with Crippen LogP contribution in [0.25, 0.3) is 0 Å². The van der Waals surface area contributed by atoms with Crippen LogP contribution < -0.4 is 5.32 Å². The van der Waals surface area contributed by atoms with Gasteiger partial charge in [-0.25, -0.2) is 0 Å². The number of carbonyl (C=O) groups is 2. The molecule has 1 aliphatic rings. The molecule has 0 radical (unpaired) electrons. The number of nitrogens with one attached hydrogen (secondary N) is 1. The van der Waals surface area contributed by atoms with Crippen LogP contribution in [0.5, 0.6) is 0 Å². The predicted octanol–water partition coefficient (Wildman–Crippen LogP) is 2.12. The molecule has 1 aliphatic heterocycles. The van der Waals surface area contributed by atoms with Gasteiger partial charge >= 0.3 is 5.97 Å². The van der Waals surface area contributed by atoms with Gasteiger partial charge in [-0.05, 0) is 49.9 Å². The van der Waals surface area contributed by atoms with Crippen molar-refractivity contribution in [2.24, 2.45) is 5.92 Å². The van der Waals surface area contributed by atoms with E-state index in [1.165, 1.54) is 19.8 Å². The first kappa shape index (κ1) is 16.5. The van der Waals surface area contributed by atoms with E-state index in [4.69, 9.17) is 5.11 Å². The smallest absolute Gasteiger partial charge is 0.325 e. The van der Waals surface area contributed by atoms with Crippen molar-refractivity contribution in [2.45, 2.75) is 39.3 Å². The van der Waals surface area contributed by atoms with Gasteiger partial charge in [-0.1, -0.05) is 19.1 Å². The van der Waals surface area contributed by atoms with E-state index < -0.39 is 12.0 Å². The number of rotatable bonds is 5. The summed E-state index contributed by atoms with van der Waals surface area (Å²) in [4.78, 5) is 25.3. The Labute approximate surface area is 131 Å². The van der Waals surface area contributed by atoms with E-state index in [0.29, 0.717) is 5.56 Å². The largest absolute Gasteiger partial charge is 0.480 e. The Morgan fingerprint density at radius 1 is 1.45 bits per heavy atom. The molecular weight excluding hydrogens is 280 g/mol. The number of amides is 1. The second kappa shape index (κ2) is 7.40. The summed E-state index contributed by atoms with van der Waals surface area (Å²) in [6, 6.07) is 6.54. The fraction of sp³-hybridized carbons (Fsp3) is 0.529.